The third kappa shape index (κ3) is 1.37. The van der Waals surface area contributed by atoms with Crippen molar-refractivity contribution in [3.63, 3.8) is 0 Å². The van der Waals surface area contributed by atoms with E-state index in [-0.39, 0.29) is 0 Å². The van der Waals surface area contributed by atoms with Crippen molar-refractivity contribution in [2.24, 2.45) is 0 Å². The molecule has 0 amide bonds. The summed E-state index contributed by atoms with van der Waals surface area (Å²) in [7, 11) is 0. The minimum Gasteiger partial charge on any atom is -0.346 e. The minimum atomic E-state index is 0.963. The molecule has 0 bridgehead atoms. The van der Waals surface area contributed by atoms with Crippen molar-refractivity contribution in [2.75, 3.05) is 0 Å². The highest BCUT2D eigenvalue weighted by Gasteiger charge is 2.02. The third-order valence-electron chi connectivity index (χ3n) is 1.73. The molecule has 0 fully saturated rings. The van der Waals surface area contributed by atoms with Crippen LogP contribution in [0.25, 0.3) is 11.0 Å². The molecule has 12 heavy (non-hydrogen) atoms. The number of fused-ring (bicyclic) bond motifs is 1. The predicted octanol–water partition coefficient (Wildman–Crippen LogP) is 3.26. The number of rotatable bonds is 1. The molecular weight excluding hydrogens is 331 g/mol. The number of H-pyrrole nitrogens is 1. The van der Waals surface area contributed by atoms with Crippen LogP contribution < -0.4 is 0 Å². The Kier molecular flexibility index (Phi) is 2.36. The summed E-state index contributed by atoms with van der Waals surface area (Å²) in [4.78, 5) is 7.37. The summed E-state index contributed by atoms with van der Waals surface area (Å²) in [5.41, 5.74) is 2.27. The second-order valence-corrected chi connectivity index (χ2v) is 4.18. The molecule has 0 radical (unpaired) electrons. The molecule has 0 aliphatic rings. The maximum atomic E-state index is 4.24. The largest absolute Gasteiger partial charge is 0.346 e. The number of aromatic amines is 1. The van der Waals surface area contributed by atoms with E-state index in [0.29, 0.717) is 0 Å². The first-order chi connectivity index (χ1) is 5.81. The summed E-state index contributed by atoms with van der Waals surface area (Å²) in [6, 6.07) is 2.09. The first-order valence-electron chi connectivity index (χ1n) is 3.48. The van der Waals surface area contributed by atoms with E-state index < -0.39 is 0 Å². The van der Waals surface area contributed by atoms with Gasteiger partial charge in [-0.15, -0.1) is 0 Å². The van der Waals surface area contributed by atoms with Gasteiger partial charge in [-0.25, -0.2) is 4.98 Å². The normalized spacial score (nSPS) is 10.8. The van der Waals surface area contributed by atoms with E-state index in [1.165, 1.54) is 10.9 Å². The maximum absolute atomic E-state index is 4.24. The summed E-state index contributed by atoms with van der Waals surface area (Å²) in [6.45, 7) is 0. The van der Waals surface area contributed by atoms with Crippen molar-refractivity contribution in [3.05, 3.63) is 28.5 Å². The molecule has 62 valence electrons. The fraction of sp³-hybridized carbons (Fsp3) is 0.125. The first kappa shape index (κ1) is 8.50. The Morgan fingerprint density at radius 3 is 3.17 bits per heavy atom. The van der Waals surface area contributed by atoms with Crippen molar-refractivity contribution in [1.82, 2.24) is 9.97 Å². The van der Waals surface area contributed by atoms with Crippen LogP contribution in [0.4, 0.5) is 0 Å². The van der Waals surface area contributed by atoms with Gasteiger partial charge in [-0.05, 0) is 27.6 Å². The summed E-state index contributed by atoms with van der Waals surface area (Å²) in [5.74, 6) is 0. The van der Waals surface area contributed by atoms with Crippen LogP contribution >= 0.6 is 38.5 Å². The molecule has 2 heterocycles. The third-order valence-corrected chi connectivity index (χ3v) is 2.98. The molecule has 4 heteroatoms. The van der Waals surface area contributed by atoms with Crippen LogP contribution in [0.3, 0.4) is 0 Å². The van der Waals surface area contributed by atoms with E-state index in [9.17, 15) is 0 Å². The van der Waals surface area contributed by atoms with Gasteiger partial charge in [0.25, 0.3) is 0 Å². The van der Waals surface area contributed by atoms with Gasteiger partial charge in [0.05, 0.1) is 0 Å². The van der Waals surface area contributed by atoms with Gasteiger partial charge in [0.2, 0.25) is 0 Å². The quantitative estimate of drug-likeness (QED) is 0.628. The van der Waals surface area contributed by atoms with Gasteiger partial charge in [0.1, 0.15) is 5.65 Å². The van der Waals surface area contributed by atoms with Gasteiger partial charge in [-0.3, -0.25) is 0 Å². The smallest absolute Gasteiger partial charge is 0.137 e. The predicted molar refractivity (Wildman–Crippen MR) is 61.5 cm³/mol. The molecule has 2 rings (SSSR count). The van der Waals surface area contributed by atoms with Crippen LogP contribution in [0.2, 0.25) is 0 Å². The molecule has 0 unspecified atom stereocenters. The van der Waals surface area contributed by atoms with Crippen LogP contribution in [0.15, 0.2) is 22.9 Å². The highest BCUT2D eigenvalue weighted by molar-refractivity contribution is 14.1. The molecule has 0 aromatic carbocycles. The summed E-state index contributed by atoms with van der Waals surface area (Å²) >= 11 is 5.75. The highest BCUT2D eigenvalue weighted by atomic mass is 127. The Bertz CT molecular complexity index is 410. The van der Waals surface area contributed by atoms with Crippen LogP contribution in [0.1, 0.15) is 5.56 Å². The molecule has 2 nitrogen and oxygen atoms in total. The number of pyridine rings is 1. The zero-order valence-electron chi connectivity index (χ0n) is 6.14. The van der Waals surface area contributed by atoms with Gasteiger partial charge < -0.3 is 4.98 Å². The molecule has 0 aliphatic carbocycles. The van der Waals surface area contributed by atoms with E-state index in [2.05, 4.69) is 54.6 Å². The number of halogens is 2. The first-order valence-corrected chi connectivity index (χ1v) is 5.80. The molecule has 0 aliphatic heterocycles. The van der Waals surface area contributed by atoms with Crippen molar-refractivity contribution in [2.45, 2.75) is 4.43 Å². The molecular formula is C8H6BrIN2. The van der Waals surface area contributed by atoms with Gasteiger partial charge in [-0.1, -0.05) is 22.6 Å². The lowest BCUT2D eigenvalue weighted by Crippen LogP contribution is -1.76. The van der Waals surface area contributed by atoms with E-state index in [4.69, 9.17) is 0 Å². The molecule has 0 saturated heterocycles. The lowest BCUT2D eigenvalue weighted by Gasteiger charge is -1.92. The number of hydrogen-bond donors (Lipinski definition) is 1. The van der Waals surface area contributed by atoms with Gasteiger partial charge in [0, 0.05) is 26.7 Å². The fourth-order valence-electron chi connectivity index (χ4n) is 1.14. The van der Waals surface area contributed by atoms with Crippen molar-refractivity contribution < 1.29 is 0 Å². The maximum Gasteiger partial charge on any atom is 0.137 e. The second-order valence-electron chi connectivity index (χ2n) is 2.50. The molecule has 2 aromatic heterocycles. The van der Waals surface area contributed by atoms with Crippen molar-refractivity contribution in [1.29, 1.82) is 0 Å². The Hall–Kier alpha value is -0.100. The topological polar surface area (TPSA) is 28.7 Å². The summed E-state index contributed by atoms with van der Waals surface area (Å²) in [6.07, 6.45) is 3.81. The number of aromatic nitrogens is 2. The molecule has 1 N–H and O–H groups in total. The van der Waals surface area contributed by atoms with Crippen LogP contribution in [-0.2, 0) is 4.43 Å². The average Bonchev–Trinajstić information content (AvgIpc) is 2.46. The standard InChI is InChI=1S/C8H6BrIN2/c9-6-1-7-5(2-10)3-11-8(7)12-4-6/h1,3-4H,2H2,(H,11,12). The number of nitrogens with one attached hydrogen (secondary N) is 1. The Labute approximate surface area is 92.0 Å². The van der Waals surface area contributed by atoms with E-state index in [1.54, 1.807) is 6.20 Å². The van der Waals surface area contributed by atoms with Gasteiger partial charge >= 0.3 is 0 Å². The molecule has 0 spiro atoms. The SMILES string of the molecule is Brc1cnc2[nH]cc(CI)c2c1. The van der Waals surface area contributed by atoms with Gasteiger partial charge in [0.15, 0.2) is 0 Å². The monoisotopic (exact) mass is 336 g/mol. The zero-order chi connectivity index (χ0) is 8.55. The summed E-state index contributed by atoms with van der Waals surface area (Å²) in [5, 5.41) is 1.21. The van der Waals surface area contributed by atoms with Crippen LogP contribution in [-0.4, -0.2) is 9.97 Å². The zero-order valence-corrected chi connectivity index (χ0v) is 9.89. The second kappa shape index (κ2) is 3.33. The number of nitrogens with zero attached hydrogens (tertiary/aromatic N) is 1. The van der Waals surface area contributed by atoms with Crippen molar-refractivity contribution in [3.8, 4) is 0 Å². The average molecular weight is 337 g/mol. The Balaban J connectivity index is 2.75. The van der Waals surface area contributed by atoms with Gasteiger partial charge in [-0.2, -0.15) is 0 Å². The van der Waals surface area contributed by atoms with Crippen molar-refractivity contribution >= 4 is 49.6 Å². The summed E-state index contributed by atoms with van der Waals surface area (Å²) < 4.78 is 2.04. The fourth-order valence-corrected chi connectivity index (χ4v) is 2.11. The Morgan fingerprint density at radius 2 is 2.42 bits per heavy atom. The Morgan fingerprint density at radius 1 is 1.58 bits per heavy atom. The van der Waals surface area contributed by atoms with E-state index >= 15 is 0 Å². The molecule has 0 saturated carbocycles. The molecule has 2 aromatic rings. The highest BCUT2D eigenvalue weighted by Crippen LogP contribution is 2.21. The minimum absolute atomic E-state index is 0.963. The molecule has 0 atom stereocenters. The number of alkyl halides is 1. The lowest BCUT2D eigenvalue weighted by atomic mass is 10.2. The van der Waals surface area contributed by atoms with E-state index in [1.807, 2.05) is 6.20 Å². The number of hydrogen-bond acceptors (Lipinski definition) is 1. The van der Waals surface area contributed by atoms with Crippen LogP contribution in [0.5, 0.6) is 0 Å². The lowest BCUT2D eigenvalue weighted by molar-refractivity contribution is 1.31. The van der Waals surface area contributed by atoms with E-state index in [0.717, 1.165) is 14.5 Å². The van der Waals surface area contributed by atoms with Crippen LogP contribution in [0, 0.1) is 0 Å².